The summed E-state index contributed by atoms with van der Waals surface area (Å²) in [7, 11) is 0. The lowest BCUT2D eigenvalue weighted by Gasteiger charge is -2.71. The fourth-order valence-corrected chi connectivity index (χ4v) is 16.2. The Morgan fingerprint density at radius 1 is 0.560 bits per heavy atom. The molecular weight excluding hydrogens is 985 g/mol. The van der Waals surface area contributed by atoms with Gasteiger partial charge in [0.05, 0.1) is 43.2 Å². The van der Waals surface area contributed by atoms with E-state index in [0.29, 0.717) is 32.1 Å². The molecule has 21 nitrogen and oxygen atoms in total. The van der Waals surface area contributed by atoms with E-state index in [1.54, 1.807) is 0 Å². The van der Waals surface area contributed by atoms with Crippen molar-refractivity contribution in [2.45, 2.75) is 268 Å². The molecule has 4 heterocycles. The Labute approximate surface area is 441 Å². The molecule has 4 aliphatic carbocycles. The maximum Gasteiger partial charge on any atom is 0.187 e. The Kier molecular flexibility index (Phi) is 17.9. The minimum atomic E-state index is -1.82. The molecule has 8 rings (SSSR count). The summed E-state index contributed by atoms with van der Waals surface area (Å²) in [6, 6.07) is 0. The van der Waals surface area contributed by atoms with Gasteiger partial charge in [0, 0.05) is 0 Å². The van der Waals surface area contributed by atoms with Crippen molar-refractivity contribution in [3.63, 3.8) is 0 Å². The summed E-state index contributed by atoms with van der Waals surface area (Å²) >= 11 is 0. The third-order valence-corrected chi connectivity index (χ3v) is 20.8. The van der Waals surface area contributed by atoms with E-state index in [-0.39, 0.29) is 34.5 Å². The standard InChI is InChI=1S/C54H92O21/c1-23(2)12-11-16-54(10,75-49-45(74-47-42(66)39(63)35(59)25(4)69-47)44(37(61)29(22-56)71-49)73-46-41(65)38(62)34(58)24(3)68-46)26-13-18-53(9)33(26)27(57)20-31-51(7)17-15-32(50(5,6)30(51)14-19-52(31,53)8)72-48-43(67)40(64)36(60)28(21-55)70-48/h12,24-49,55-67H,11,13-22H2,1-10H3/t24-,25-,26-,27+,28+,29+,30-,31+,32-,33-,34-,35-,36+,37+,38+,39+,40-,41+,42+,43+,44-,45+,46-,47-,48-,49-,51-,52+,53+,54-/m0/s1. The molecule has 0 bridgehead atoms. The fraction of sp³-hybridized carbons (Fsp3) is 0.963. The summed E-state index contributed by atoms with van der Waals surface area (Å²) in [4.78, 5) is 0. The van der Waals surface area contributed by atoms with Crippen LogP contribution < -0.4 is 0 Å². The summed E-state index contributed by atoms with van der Waals surface area (Å²) in [5.74, 6) is -0.422. The van der Waals surface area contributed by atoms with Crippen molar-refractivity contribution in [2.24, 2.45) is 45.3 Å². The third kappa shape index (κ3) is 10.4. The van der Waals surface area contributed by atoms with Gasteiger partial charge in [0.2, 0.25) is 0 Å². The molecule has 21 heteroatoms. The molecule has 0 radical (unpaired) electrons. The molecule has 0 amide bonds. The van der Waals surface area contributed by atoms with Crippen LogP contribution in [0.15, 0.2) is 11.6 Å². The first kappa shape index (κ1) is 60.0. The molecular formula is C54H92O21. The molecule has 434 valence electrons. The molecule has 4 saturated carbocycles. The van der Waals surface area contributed by atoms with Gasteiger partial charge < -0.3 is 104 Å². The molecule has 0 aromatic rings. The third-order valence-electron chi connectivity index (χ3n) is 20.8. The van der Waals surface area contributed by atoms with Gasteiger partial charge in [-0.25, -0.2) is 0 Å². The average molecular weight is 1080 g/mol. The maximum atomic E-state index is 13.0. The van der Waals surface area contributed by atoms with Crippen molar-refractivity contribution in [1.82, 2.24) is 0 Å². The molecule has 4 aliphatic heterocycles. The molecule has 0 unspecified atom stereocenters. The lowest BCUT2D eigenvalue weighted by molar-refractivity contribution is -0.400. The molecule has 13 N–H and O–H groups in total. The van der Waals surface area contributed by atoms with E-state index >= 15 is 0 Å². The van der Waals surface area contributed by atoms with Crippen molar-refractivity contribution in [2.75, 3.05) is 13.2 Å². The molecule has 75 heavy (non-hydrogen) atoms. The maximum absolute atomic E-state index is 13.0. The Morgan fingerprint density at radius 3 is 1.63 bits per heavy atom. The molecule has 0 aromatic carbocycles. The van der Waals surface area contributed by atoms with Crippen LogP contribution in [0.2, 0.25) is 0 Å². The number of fused-ring (bicyclic) bond motifs is 5. The van der Waals surface area contributed by atoms with Gasteiger partial charge in [-0.05, 0) is 138 Å². The lowest BCUT2D eigenvalue weighted by atomic mass is 9.35. The van der Waals surface area contributed by atoms with E-state index in [0.717, 1.165) is 31.3 Å². The molecule has 8 aliphatic rings. The van der Waals surface area contributed by atoms with Gasteiger partial charge in [0.1, 0.15) is 85.5 Å². The topological polar surface area (TPSA) is 337 Å². The number of aliphatic hydroxyl groups is 13. The molecule has 8 fully saturated rings. The largest absolute Gasteiger partial charge is 0.394 e. The molecule has 0 aromatic heterocycles. The number of allylic oxidation sites excluding steroid dienone is 2. The molecule has 0 spiro atoms. The zero-order valence-electron chi connectivity index (χ0n) is 45.4. The van der Waals surface area contributed by atoms with Gasteiger partial charge in [-0.2, -0.15) is 0 Å². The van der Waals surface area contributed by atoms with Gasteiger partial charge in [-0.1, -0.05) is 46.3 Å². The van der Waals surface area contributed by atoms with Crippen molar-refractivity contribution in [3.8, 4) is 0 Å². The minimum Gasteiger partial charge on any atom is -0.394 e. The summed E-state index contributed by atoms with van der Waals surface area (Å²) in [6.45, 7) is 19.0. The van der Waals surface area contributed by atoms with Crippen LogP contribution in [0.1, 0.15) is 127 Å². The Bertz CT molecular complexity index is 1960. The molecule has 4 saturated heterocycles. The van der Waals surface area contributed by atoms with Crippen molar-refractivity contribution >= 4 is 0 Å². The Hall–Kier alpha value is -1.10. The lowest BCUT2D eigenvalue weighted by Crippen LogP contribution is -2.68. The van der Waals surface area contributed by atoms with E-state index < -0.39 is 165 Å². The van der Waals surface area contributed by atoms with Crippen LogP contribution in [-0.2, 0) is 37.9 Å². The van der Waals surface area contributed by atoms with Crippen molar-refractivity contribution in [1.29, 1.82) is 0 Å². The van der Waals surface area contributed by atoms with Crippen molar-refractivity contribution < 1.29 is 104 Å². The van der Waals surface area contributed by atoms with Crippen molar-refractivity contribution in [3.05, 3.63) is 11.6 Å². The SMILES string of the molecule is CC(C)=CCC[C@](C)(O[C@@H]1O[C@H](CO)[C@@H](O)[C@H](O[C@@H]2O[C@@H](C)[C@H](O)[C@@H](O)[C@H]2O)[C@H]1O[C@@H]1O[C@@H](C)[C@H](O)[C@@H](O)[C@H]1O)[C@H]1CC[C@]2(C)[C@@H]1[C@H](O)C[C@@H]1[C@@]3(C)CC[C@H](O[C@@H]4O[C@H](CO)[C@@H](O)[C@H](O)[C@H]4O)C(C)(C)[C@@H]3CC[C@]12C. The van der Waals surface area contributed by atoms with Crippen LogP contribution in [-0.4, -0.2) is 220 Å². The highest BCUT2D eigenvalue weighted by Crippen LogP contribution is 2.76. The van der Waals surface area contributed by atoms with Gasteiger partial charge >= 0.3 is 0 Å². The van der Waals surface area contributed by atoms with Crippen LogP contribution >= 0.6 is 0 Å². The first-order valence-corrected chi connectivity index (χ1v) is 27.6. The molecule has 30 atom stereocenters. The van der Waals surface area contributed by atoms with E-state index in [1.807, 2.05) is 20.8 Å². The second kappa shape index (κ2) is 22.3. The van der Waals surface area contributed by atoms with E-state index in [9.17, 15) is 66.4 Å². The highest BCUT2D eigenvalue weighted by Gasteiger charge is 2.72. The number of ether oxygens (including phenoxy) is 8. The van der Waals surface area contributed by atoms with E-state index in [4.69, 9.17) is 37.9 Å². The van der Waals surface area contributed by atoms with Gasteiger partial charge in [0.25, 0.3) is 0 Å². The average Bonchev–Trinajstić information content (AvgIpc) is 3.74. The summed E-state index contributed by atoms with van der Waals surface area (Å²) in [6.07, 6.45) is -23.4. The monoisotopic (exact) mass is 1080 g/mol. The Morgan fingerprint density at radius 2 is 1.07 bits per heavy atom. The van der Waals surface area contributed by atoms with Crippen LogP contribution in [0.4, 0.5) is 0 Å². The normalized spacial score (nSPS) is 53.7. The first-order chi connectivity index (χ1) is 35.0. The zero-order valence-corrected chi connectivity index (χ0v) is 45.4. The van der Waals surface area contributed by atoms with Crippen LogP contribution in [0.3, 0.4) is 0 Å². The second-order valence-corrected chi connectivity index (χ2v) is 25.7. The van der Waals surface area contributed by atoms with Gasteiger partial charge in [0.15, 0.2) is 25.2 Å². The van der Waals surface area contributed by atoms with Gasteiger partial charge in [-0.15, -0.1) is 0 Å². The van der Waals surface area contributed by atoms with Gasteiger partial charge in [-0.3, -0.25) is 0 Å². The summed E-state index contributed by atoms with van der Waals surface area (Å²) in [5, 5.41) is 143. The summed E-state index contributed by atoms with van der Waals surface area (Å²) in [5.41, 5.74) is -1.49. The summed E-state index contributed by atoms with van der Waals surface area (Å²) < 4.78 is 50.7. The van der Waals surface area contributed by atoms with Crippen LogP contribution in [0.25, 0.3) is 0 Å². The predicted octanol–water partition coefficient (Wildman–Crippen LogP) is -0.147. The predicted molar refractivity (Wildman–Crippen MR) is 263 cm³/mol. The minimum absolute atomic E-state index is 0.0751. The second-order valence-electron chi connectivity index (χ2n) is 25.7. The zero-order chi connectivity index (χ0) is 55.2. The van der Waals surface area contributed by atoms with E-state index in [1.165, 1.54) is 13.8 Å². The number of rotatable bonds is 14. The number of aliphatic hydroxyl groups excluding tert-OH is 13. The smallest absolute Gasteiger partial charge is 0.187 e. The van der Waals surface area contributed by atoms with Crippen LogP contribution in [0.5, 0.6) is 0 Å². The first-order valence-electron chi connectivity index (χ1n) is 27.6. The van der Waals surface area contributed by atoms with E-state index in [2.05, 4.69) is 40.7 Å². The highest BCUT2D eigenvalue weighted by atomic mass is 16.8. The number of hydrogen-bond acceptors (Lipinski definition) is 21. The Balaban J connectivity index is 1.11. The number of hydrogen-bond donors (Lipinski definition) is 13. The van der Waals surface area contributed by atoms with Crippen LogP contribution in [0, 0.1) is 45.3 Å². The quantitative estimate of drug-likeness (QED) is 0.0795. The highest BCUT2D eigenvalue weighted by molar-refractivity contribution is 5.21. The fourth-order valence-electron chi connectivity index (χ4n) is 16.2.